The lowest BCUT2D eigenvalue weighted by molar-refractivity contribution is 0.406. The molecule has 2 atom stereocenters. The van der Waals surface area contributed by atoms with E-state index in [1.807, 2.05) is 6.07 Å². The normalized spacial score (nSPS) is 14.5. The summed E-state index contributed by atoms with van der Waals surface area (Å²) in [7, 11) is 1.59. The van der Waals surface area contributed by atoms with Gasteiger partial charge in [-0.05, 0) is 24.0 Å². The predicted octanol–water partition coefficient (Wildman–Crippen LogP) is 2.82. The smallest absolute Gasteiger partial charge is 0.142 e. The average molecular weight is 257 g/mol. The van der Waals surface area contributed by atoms with E-state index in [0.717, 1.165) is 12.0 Å². The molecule has 0 aliphatic rings. The zero-order valence-corrected chi connectivity index (χ0v) is 11.4. The fraction of sp³-hybridized carbons (Fsp3) is 0.538. The minimum atomic E-state index is -0.244. The Kier molecular flexibility index (Phi) is 5.25. The van der Waals surface area contributed by atoms with Gasteiger partial charge in [0.2, 0.25) is 0 Å². The third-order valence-electron chi connectivity index (χ3n) is 3.13. The van der Waals surface area contributed by atoms with Crippen molar-refractivity contribution in [3.05, 3.63) is 28.3 Å². The van der Waals surface area contributed by atoms with Crippen molar-refractivity contribution in [2.24, 2.45) is 11.5 Å². The lowest BCUT2D eigenvalue weighted by atomic mass is 9.94. The quantitative estimate of drug-likeness (QED) is 0.852. The summed E-state index contributed by atoms with van der Waals surface area (Å²) in [5.41, 5.74) is 13.7. The molecule has 0 spiro atoms. The van der Waals surface area contributed by atoms with Crippen molar-refractivity contribution in [3.8, 4) is 5.75 Å². The Bertz CT molecular complexity index is 382. The van der Waals surface area contributed by atoms with Crippen molar-refractivity contribution in [1.82, 2.24) is 0 Å². The van der Waals surface area contributed by atoms with Gasteiger partial charge in [0.15, 0.2) is 0 Å². The predicted molar refractivity (Wildman–Crippen MR) is 72.7 cm³/mol. The Morgan fingerprint density at radius 2 is 2.06 bits per heavy atom. The van der Waals surface area contributed by atoms with E-state index in [1.54, 1.807) is 7.11 Å². The van der Waals surface area contributed by atoms with Crippen LogP contribution in [0.4, 0.5) is 0 Å². The molecule has 17 heavy (non-hydrogen) atoms. The van der Waals surface area contributed by atoms with Gasteiger partial charge in [-0.1, -0.05) is 31.5 Å². The molecule has 1 rings (SSSR count). The van der Waals surface area contributed by atoms with Crippen LogP contribution in [0.3, 0.4) is 0 Å². The molecule has 0 aromatic heterocycles. The molecule has 0 saturated carbocycles. The fourth-order valence-electron chi connectivity index (χ4n) is 1.77. The summed E-state index contributed by atoms with van der Waals surface area (Å²) in [4.78, 5) is 0. The molecule has 0 aliphatic heterocycles. The van der Waals surface area contributed by atoms with Crippen LogP contribution < -0.4 is 16.2 Å². The monoisotopic (exact) mass is 256 g/mol. The minimum absolute atomic E-state index is 0.244. The zero-order valence-electron chi connectivity index (χ0n) is 10.7. The van der Waals surface area contributed by atoms with Gasteiger partial charge >= 0.3 is 0 Å². The Labute approximate surface area is 108 Å². The number of ether oxygens (including phenoxy) is 1. The van der Waals surface area contributed by atoms with E-state index in [9.17, 15) is 0 Å². The number of methoxy groups -OCH3 is 1. The maximum Gasteiger partial charge on any atom is 0.142 e. The minimum Gasteiger partial charge on any atom is -0.495 e. The second-order valence-electron chi connectivity index (χ2n) is 4.28. The van der Waals surface area contributed by atoms with Crippen LogP contribution in [0.15, 0.2) is 12.1 Å². The summed E-state index contributed by atoms with van der Waals surface area (Å²) in [5.74, 6) is 1.08. The van der Waals surface area contributed by atoms with Crippen LogP contribution in [0, 0.1) is 0 Å². The lowest BCUT2D eigenvalue weighted by Gasteiger charge is -2.19. The highest BCUT2D eigenvalue weighted by molar-refractivity contribution is 6.32. The maximum absolute atomic E-state index is 6.22. The Balaban J connectivity index is 3.28. The molecule has 1 aromatic carbocycles. The molecule has 0 radical (unpaired) electrons. The summed E-state index contributed by atoms with van der Waals surface area (Å²) < 4.78 is 5.30. The molecule has 0 fully saturated rings. The van der Waals surface area contributed by atoms with Gasteiger partial charge in [-0.15, -0.1) is 0 Å². The van der Waals surface area contributed by atoms with Gasteiger partial charge < -0.3 is 16.2 Å². The Morgan fingerprint density at radius 3 is 2.53 bits per heavy atom. The molecular formula is C13H21ClN2O. The second kappa shape index (κ2) is 6.24. The molecule has 0 saturated heterocycles. The van der Waals surface area contributed by atoms with Crippen molar-refractivity contribution >= 4 is 11.6 Å². The topological polar surface area (TPSA) is 61.3 Å². The summed E-state index contributed by atoms with van der Waals surface area (Å²) in [6.45, 7) is 4.68. The van der Waals surface area contributed by atoms with E-state index in [0.29, 0.717) is 23.2 Å². The van der Waals surface area contributed by atoms with E-state index < -0.39 is 0 Å². The first-order valence-electron chi connectivity index (χ1n) is 5.88. The highest BCUT2D eigenvalue weighted by Crippen LogP contribution is 2.35. The molecule has 3 nitrogen and oxygen atoms in total. The maximum atomic E-state index is 6.22. The Morgan fingerprint density at radius 1 is 1.41 bits per heavy atom. The van der Waals surface area contributed by atoms with Crippen LogP contribution in [0.5, 0.6) is 5.75 Å². The van der Waals surface area contributed by atoms with Crippen molar-refractivity contribution in [1.29, 1.82) is 0 Å². The standard InChI is InChI=1S/C13H21ClN2O/c1-4-8(2)9-5-10(12(16)7-15)13(17-3)11(14)6-9/h5-6,8,12H,4,7,15-16H2,1-3H3. The fourth-order valence-corrected chi connectivity index (χ4v) is 2.09. The molecule has 96 valence electrons. The summed E-state index contributed by atoms with van der Waals surface area (Å²) in [5, 5.41) is 0.601. The first kappa shape index (κ1) is 14.3. The van der Waals surface area contributed by atoms with E-state index in [-0.39, 0.29) is 6.04 Å². The lowest BCUT2D eigenvalue weighted by Crippen LogP contribution is -2.21. The first-order chi connectivity index (χ1) is 8.04. The number of hydrogen-bond acceptors (Lipinski definition) is 3. The SMILES string of the molecule is CCC(C)c1cc(Cl)c(OC)c(C(N)CN)c1. The van der Waals surface area contributed by atoms with Crippen LogP contribution in [0.25, 0.3) is 0 Å². The number of nitrogens with two attached hydrogens (primary N) is 2. The van der Waals surface area contributed by atoms with Gasteiger partial charge in [0.05, 0.1) is 12.1 Å². The largest absolute Gasteiger partial charge is 0.495 e. The van der Waals surface area contributed by atoms with E-state index in [1.165, 1.54) is 5.56 Å². The van der Waals surface area contributed by atoms with E-state index in [4.69, 9.17) is 27.8 Å². The van der Waals surface area contributed by atoms with Crippen molar-refractivity contribution in [2.45, 2.75) is 32.2 Å². The number of halogens is 1. The molecule has 0 bridgehead atoms. The summed E-state index contributed by atoms with van der Waals surface area (Å²) in [6.07, 6.45) is 1.06. The highest BCUT2D eigenvalue weighted by atomic mass is 35.5. The number of rotatable bonds is 5. The van der Waals surface area contributed by atoms with Gasteiger partial charge in [0.25, 0.3) is 0 Å². The number of hydrogen-bond donors (Lipinski definition) is 2. The van der Waals surface area contributed by atoms with Gasteiger partial charge in [-0.3, -0.25) is 0 Å². The van der Waals surface area contributed by atoms with Crippen LogP contribution in [-0.2, 0) is 0 Å². The van der Waals surface area contributed by atoms with Crippen LogP contribution >= 0.6 is 11.6 Å². The first-order valence-corrected chi connectivity index (χ1v) is 6.25. The third kappa shape index (κ3) is 3.12. The van der Waals surface area contributed by atoms with Crippen LogP contribution in [0.1, 0.15) is 43.4 Å². The molecule has 4 N–H and O–H groups in total. The van der Waals surface area contributed by atoms with Crippen LogP contribution in [0.2, 0.25) is 5.02 Å². The molecule has 0 heterocycles. The molecule has 2 unspecified atom stereocenters. The van der Waals surface area contributed by atoms with Gasteiger partial charge in [-0.25, -0.2) is 0 Å². The third-order valence-corrected chi connectivity index (χ3v) is 3.41. The second-order valence-corrected chi connectivity index (χ2v) is 4.68. The highest BCUT2D eigenvalue weighted by Gasteiger charge is 2.17. The van der Waals surface area contributed by atoms with Crippen molar-refractivity contribution in [3.63, 3.8) is 0 Å². The molecule has 1 aromatic rings. The molecule has 4 heteroatoms. The average Bonchev–Trinajstić information content (AvgIpc) is 2.35. The summed E-state index contributed by atoms with van der Waals surface area (Å²) in [6, 6.07) is 3.75. The van der Waals surface area contributed by atoms with Crippen molar-refractivity contribution < 1.29 is 4.74 Å². The zero-order chi connectivity index (χ0) is 13.0. The van der Waals surface area contributed by atoms with Gasteiger partial charge in [-0.2, -0.15) is 0 Å². The van der Waals surface area contributed by atoms with Crippen LogP contribution in [-0.4, -0.2) is 13.7 Å². The molecule has 0 amide bonds. The van der Waals surface area contributed by atoms with E-state index in [2.05, 4.69) is 19.9 Å². The van der Waals surface area contributed by atoms with Gasteiger partial charge in [0.1, 0.15) is 5.75 Å². The Hall–Kier alpha value is -0.770. The summed E-state index contributed by atoms with van der Waals surface area (Å²) >= 11 is 6.22. The van der Waals surface area contributed by atoms with E-state index >= 15 is 0 Å². The molecule has 0 aliphatic carbocycles. The number of benzene rings is 1. The molecular weight excluding hydrogens is 236 g/mol. The van der Waals surface area contributed by atoms with Gasteiger partial charge in [0, 0.05) is 18.2 Å². The van der Waals surface area contributed by atoms with Crippen molar-refractivity contribution in [2.75, 3.05) is 13.7 Å².